The fourth-order valence-electron chi connectivity index (χ4n) is 10.7. The van der Waals surface area contributed by atoms with E-state index in [-0.39, 0.29) is 105 Å². The molecule has 0 fully saturated rings. The van der Waals surface area contributed by atoms with Crippen molar-refractivity contribution in [3.63, 3.8) is 0 Å². The van der Waals surface area contributed by atoms with Crippen LogP contribution >= 0.6 is 0 Å². The number of aryl methyl sites for hydroxylation is 1. The van der Waals surface area contributed by atoms with E-state index in [4.69, 9.17) is 39.3 Å². The monoisotopic (exact) mass is 1190 g/mol. The van der Waals surface area contributed by atoms with E-state index in [1.54, 1.807) is 38.9 Å². The molecule has 5 amide bonds. The van der Waals surface area contributed by atoms with Gasteiger partial charge in [-0.3, -0.25) is 28.7 Å². The highest BCUT2D eigenvalue weighted by Crippen LogP contribution is 2.37. The Morgan fingerprint density at radius 1 is 0.895 bits per heavy atom. The van der Waals surface area contributed by atoms with Crippen LogP contribution in [0.2, 0.25) is 0 Å². The van der Waals surface area contributed by atoms with Gasteiger partial charge in [0.25, 0.3) is 5.91 Å². The van der Waals surface area contributed by atoms with Gasteiger partial charge in [-0.15, -0.1) is 0 Å². The van der Waals surface area contributed by atoms with Gasteiger partial charge in [-0.2, -0.15) is 10.4 Å². The number of rotatable bonds is 25. The predicted octanol–water partition coefficient (Wildman–Crippen LogP) is 5.50. The van der Waals surface area contributed by atoms with Crippen molar-refractivity contribution in [2.75, 3.05) is 85.8 Å². The van der Waals surface area contributed by atoms with E-state index in [1.165, 1.54) is 39.5 Å². The zero-order chi connectivity index (χ0) is 61.5. The lowest BCUT2D eigenvalue weighted by Gasteiger charge is -2.41. The van der Waals surface area contributed by atoms with E-state index in [0.717, 1.165) is 36.0 Å². The minimum Gasteiger partial charge on any atom is -0.491 e. The summed E-state index contributed by atoms with van der Waals surface area (Å²) in [5.41, 5.74) is 11.7. The number of nitrogens with two attached hydrogens (primary N) is 1. The second kappa shape index (κ2) is 29.9. The summed E-state index contributed by atoms with van der Waals surface area (Å²) >= 11 is 0. The molecule has 0 unspecified atom stereocenters. The van der Waals surface area contributed by atoms with Gasteiger partial charge in [-0.1, -0.05) is 51.1 Å². The minimum absolute atomic E-state index is 0.00752. The number of carbonyl (C=O) groups excluding carboxylic acids is 5. The van der Waals surface area contributed by atoms with Gasteiger partial charge < -0.3 is 65.2 Å². The van der Waals surface area contributed by atoms with Crippen LogP contribution in [0.4, 0.5) is 10.2 Å². The number of pyridine rings is 1. The second-order valence-electron chi connectivity index (χ2n) is 22.8. The number of nitrogens with one attached hydrogen (secondary N) is 4. The number of hydrogen-bond donors (Lipinski definition) is 5. The normalized spacial score (nSPS) is 17.2. The smallest absolute Gasteiger partial charge is 0.254 e. The summed E-state index contributed by atoms with van der Waals surface area (Å²) in [6.07, 6.45) is 3.83. The third-order valence-corrected chi connectivity index (χ3v) is 15.6. The zero-order valence-corrected chi connectivity index (χ0v) is 50.2. The van der Waals surface area contributed by atoms with Crippen LogP contribution in [0.5, 0.6) is 11.5 Å². The Morgan fingerprint density at radius 2 is 1.60 bits per heavy atom. The lowest BCUT2D eigenvalue weighted by atomic mass is 9.83. The Morgan fingerprint density at radius 3 is 2.31 bits per heavy atom. The summed E-state index contributed by atoms with van der Waals surface area (Å²) in [5.74, 6) is -1.19. The van der Waals surface area contributed by atoms with Crippen LogP contribution < -0.4 is 36.5 Å². The van der Waals surface area contributed by atoms with Gasteiger partial charge in [-0.25, -0.2) is 9.37 Å². The highest BCUT2D eigenvalue weighted by Gasteiger charge is 2.43. The van der Waals surface area contributed by atoms with Crippen molar-refractivity contribution in [2.24, 2.45) is 5.41 Å². The average molecular weight is 1190 g/mol. The van der Waals surface area contributed by atoms with Crippen molar-refractivity contribution in [1.29, 1.82) is 5.26 Å². The van der Waals surface area contributed by atoms with Crippen LogP contribution in [0.15, 0.2) is 72.9 Å². The molecular formula is C63H80FN11O11. The summed E-state index contributed by atoms with van der Waals surface area (Å²) < 4.78 is 50.7. The summed E-state index contributed by atoms with van der Waals surface area (Å²) in [4.78, 5) is 76.1. The number of anilines is 1. The number of halogens is 1. The van der Waals surface area contributed by atoms with Crippen LogP contribution in [0.3, 0.4) is 0 Å². The summed E-state index contributed by atoms with van der Waals surface area (Å²) in [6.45, 7) is 12.3. The van der Waals surface area contributed by atoms with Gasteiger partial charge >= 0.3 is 0 Å². The van der Waals surface area contributed by atoms with Crippen molar-refractivity contribution in [2.45, 2.75) is 117 Å². The molecular weight excluding hydrogens is 1110 g/mol. The Balaban J connectivity index is 0.718. The first kappa shape index (κ1) is 64.0. The van der Waals surface area contributed by atoms with Crippen LogP contribution in [-0.2, 0) is 70.6 Å². The number of hydrogen-bond acceptors (Lipinski definition) is 16. The molecule has 6 N–H and O–H groups in total. The second-order valence-corrected chi connectivity index (χ2v) is 22.8. The molecule has 23 heteroatoms. The fraction of sp³-hybridized carbons (Fsp3) is 0.492. The molecule has 5 aromatic rings. The van der Waals surface area contributed by atoms with Crippen molar-refractivity contribution in [3.8, 4) is 28.7 Å². The van der Waals surface area contributed by atoms with Crippen molar-refractivity contribution >= 4 is 35.4 Å². The molecule has 86 heavy (non-hydrogen) atoms. The number of ether oxygens (including phenoxy) is 6. The largest absolute Gasteiger partial charge is 0.491 e. The number of carbonyl (C=O) groups is 5. The van der Waals surface area contributed by atoms with E-state index in [0.29, 0.717) is 74.2 Å². The maximum atomic E-state index is 14.7. The predicted molar refractivity (Wildman–Crippen MR) is 317 cm³/mol. The third-order valence-electron chi connectivity index (χ3n) is 15.6. The maximum Gasteiger partial charge on any atom is 0.254 e. The molecule has 22 nitrogen and oxygen atoms in total. The van der Waals surface area contributed by atoms with Gasteiger partial charge in [0.15, 0.2) is 11.6 Å². The fourth-order valence-corrected chi connectivity index (χ4v) is 10.7. The molecule has 2 bridgehead atoms. The van der Waals surface area contributed by atoms with Crippen molar-refractivity contribution in [3.05, 3.63) is 124 Å². The molecule has 3 aromatic carbocycles. The number of amides is 5. The van der Waals surface area contributed by atoms with Gasteiger partial charge in [0.2, 0.25) is 23.6 Å². The molecule has 0 saturated heterocycles. The molecule has 2 aliphatic heterocycles. The topological polar surface area (TPSA) is 276 Å². The number of nitrogens with zero attached hydrogens (tertiary/aromatic N) is 6. The number of aromatic nitrogens is 3. The molecule has 2 aromatic heterocycles. The van der Waals surface area contributed by atoms with Gasteiger partial charge in [-0.05, 0) is 104 Å². The number of nitriles is 1. The standard InChI is InChI=1S/C63H80FN11O11/c1-39(67-6)59(77)71-57(63(3,4)5)62(80)74-37-44-31-46(17-15-42(44)32-52(74)60(78)70-50-14-10-12-41-11-8-9-13-47(41)50)85-30-29-84-28-27-83-26-25-82-24-23-81-22-19-55(76)68-20-21-75-53(35-65)56-43-33-54(58(66)69-36-43)86-40(2)49-34-45(64)16-18-48(49)61(79)73(7)38-51(56)72-75/h8-9,11,13,15-18,31,33-34,36,39-40,50,52,57,67H,10,12,14,19-30,32,37-38H2,1-7H3,(H2,66,69)(H,68,76)(H,70,78)(H,71,77)/t39-,40-,50+,52-,57+/m1/s1. The van der Waals surface area contributed by atoms with Gasteiger partial charge in [0.05, 0.1) is 83.7 Å². The lowest BCUT2D eigenvalue weighted by Crippen LogP contribution is -2.62. The molecule has 1 aliphatic carbocycles. The Kier molecular flexibility index (Phi) is 22.2. The van der Waals surface area contributed by atoms with E-state index >= 15 is 0 Å². The minimum atomic E-state index is -0.897. The van der Waals surface area contributed by atoms with Crippen LogP contribution in [-0.4, -0.2) is 152 Å². The van der Waals surface area contributed by atoms with Crippen LogP contribution in [0.25, 0.3) is 11.1 Å². The summed E-state index contributed by atoms with van der Waals surface area (Å²) in [6, 6.07) is 19.2. The first-order valence-corrected chi connectivity index (χ1v) is 29.3. The van der Waals surface area contributed by atoms with Gasteiger partial charge in [0, 0.05) is 61.4 Å². The quantitative estimate of drug-likeness (QED) is 0.0451. The average Bonchev–Trinajstić information content (AvgIpc) is 2.35. The Hall–Kier alpha value is -8.01. The van der Waals surface area contributed by atoms with E-state index < -0.39 is 41.4 Å². The molecule has 8 rings (SSSR count). The molecule has 460 valence electrons. The molecule has 0 spiro atoms. The SMILES string of the molecule is CN[C@H](C)C(=O)N[C@@H](C(=O)N1Cc2cc(OCCOCCOCCOCCOCCC(=O)NCCn3nc4c(c3C#N)-c3cnc(N)c(c3)O[C@H](C)c3cc(F)ccc3C(=O)N(C)C4)ccc2C[C@@H]1C(=O)N[C@H]1CCCc2ccccc21)C(C)(C)C. The number of fused-ring (bicyclic) bond motifs is 7. The maximum absolute atomic E-state index is 14.7. The third kappa shape index (κ3) is 16.3. The van der Waals surface area contributed by atoms with Crippen molar-refractivity contribution < 1.29 is 56.8 Å². The molecule has 3 aliphatic rings. The van der Waals surface area contributed by atoms with E-state index in [1.807, 2.05) is 51.1 Å². The Labute approximate surface area is 501 Å². The first-order chi connectivity index (χ1) is 41.3. The Bertz CT molecular complexity index is 3250. The lowest BCUT2D eigenvalue weighted by molar-refractivity contribution is -0.147. The molecule has 0 radical (unpaired) electrons. The summed E-state index contributed by atoms with van der Waals surface area (Å²) in [7, 11) is 3.28. The zero-order valence-electron chi connectivity index (χ0n) is 50.2. The highest BCUT2D eigenvalue weighted by molar-refractivity contribution is 5.96. The van der Waals surface area contributed by atoms with E-state index in [9.17, 15) is 33.6 Å². The number of benzene rings is 3. The summed E-state index contributed by atoms with van der Waals surface area (Å²) in [5, 5.41) is 27.1. The van der Waals surface area contributed by atoms with Gasteiger partial charge in [0.1, 0.15) is 48.1 Å². The number of likely N-dealkylation sites (N-methyl/N-ethyl adjacent to an activating group) is 1. The van der Waals surface area contributed by atoms with Crippen molar-refractivity contribution in [1.82, 2.24) is 45.8 Å². The van der Waals surface area contributed by atoms with E-state index in [2.05, 4.69) is 44.5 Å². The molecule has 5 atom stereocenters. The molecule has 4 heterocycles. The van der Waals surface area contributed by atoms with Crippen LogP contribution in [0.1, 0.15) is 116 Å². The molecule has 0 saturated carbocycles. The first-order valence-electron chi connectivity index (χ1n) is 29.3. The highest BCUT2D eigenvalue weighted by atomic mass is 19.1. The number of nitrogen functional groups attached to an aromatic ring is 1. The van der Waals surface area contributed by atoms with Crippen LogP contribution in [0, 0.1) is 22.6 Å².